The van der Waals surface area contributed by atoms with Crippen LogP contribution in [0.2, 0.25) is 0 Å². The first-order chi connectivity index (χ1) is 8.31. The zero-order chi connectivity index (χ0) is 11.7. The summed E-state index contributed by atoms with van der Waals surface area (Å²) in [5, 5.41) is 11.1. The zero-order valence-electron chi connectivity index (χ0n) is 9.18. The predicted molar refractivity (Wildman–Crippen MR) is 63.9 cm³/mol. The molecule has 3 aromatic heterocycles. The van der Waals surface area contributed by atoms with Gasteiger partial charge in [-0.1, -0.05) is 0 Å². The van der Waals surface area contributed by atoms with Gasteiger partial charge >= 0.3 is 0 Å². The summed E-state index contributed by atoms with van der Waals surface area (Å²) >= 11 is 0. The first-order valence-electron chi connectivity index (χ1n) is 5.18. The number of aryl methyl sites for hydroxylation is 1. The van der Waals surface area contributed by atoms with Crippen LogP contribution in [0.1, 0.15) is 5.69 Å². The number of aromatic amines is 1. The van der Waals surface area contributed by atoms with Crippen LogP contribution in [-0.4, -0.2) is 25.1 Å². The molecule has 0 aliphatic carbocycles. The second-order valence-corrected chi connectivity index (χ2v) is 3.67. The maximum Gasteiger partial charge on any atom is 0.154 e. The average molecular weight is 226 g/mol. The number of anilines is 2. The van der Waals surface area contributed by atoms with E-state index in [1.165, 1.54) is 0 Å². The van der Waals surface area contributed by atoms with Gasteiger partial charge in [0.25, 0.3) is 0 Å². The Morgan fingerprint density at radius 3 is 2.88 bits per heavy atom. The van der Waals surface area contributed by atoms with Crippen molar-refractivity contribution in [2.45, 2.75) is 6.92 Å². The van der Waals surface area contributed by atoms with E-state index < -0.39 is 0 Å². The van der Waals surface area contributed by atoms with E-state index in [1.54, 1.807) is 12.5 Å². The maximum absolute atomic E-state index is 4.25. The second-order valence-electron chi connectivity index (χ2n) is 3.67. The van der Waals surface area contributed by atoms with Crippen molar-refractivity contribution < 1.29 is 0 Å². The summed E-state index contributed by atoms with van der Waals surface area (Å²) in [5.74, 6) is 1.36. The number of aromatic nitrogens is 5. The molecule has 0 fully saturated rings. The number of pyridine rings is 1. The molecule has 0 radical (unpaired) electrons. The molecule has 3 rings (SSSR count). The van der Waals surface area contributed by atoms with Gasteiger partial charge in [-0.05, 0) is 19.1 Å². The van der Waals surface area contributed by atoms with E-state index >= 15 is 0 Å². The van der Waals surface area contributed by atoms with Crippen LogP contribution in [0.4, 0.5) is 11.6 Å². The smallest absolute Gasteiger partial charge is 0.154 e. The fourth-order valence-corrected chi connectivity index (χ4v) is 1.50. The zero-order valence-corrected chi connectivity index (χ0v) is 9.18. The van der Waals surface area contributed by atoms with Crippen molar-refractivity contribution >= 4 is 22.7 Å². The van der Waals surface area contributed by atoms with Crippen molar-refractivity contribution in [3.63, 3.8) is 0 Å². The molecule has 0 bridgehead atoms. The van der Waals surface area contributed by atoms with Gasteiger partial charge in [-0.3, -0.25) is 0 Å². The van der Waals surface area contributed by atoms with Gasteiger partial charge in [0, 0.05) is 6.07 Å². The lowest BCUT2D eigenvalue weighted by Crippen LogP contribution is -1.97. The van der Waals surface area contributed by atoms with Crippen LogP contribution in [0.15, 0.2) is 30.7 Å². The van der Waals surface area contributed by atoms with Gasteiger partial charge in [0.1, 0.15) is 5.82 Å². The van der Waals surface area contributed by atoms with Gasteiger partial charge in [-0.15, -0.1) is 5.10 Å². The molecule has 6 heteroatoms. The number of rotatable bonds is 2. The van der Waals surface area contributed by atoms with E-state index in [0.29, 0.717) is 11.6 Å². The Balaban J connectivity index is 1.91. The van der Waals surface area contributed by atoms with Crippen molar-refractivity contribution in [3.8, 4) is 0 Å². The molecule has 2 N–H and O–H groups in total. The standard InChI is InChI=1S/C11H10N6/c1-7-2-3-10(17-16-7)15-11-4-8-9(5-12-11)14-6-13-8/h2-6H,1H3,(H,13,14)(H,12,15,17). The largest absolute Gasteiger partial charge is 0.343 e. The summed E-state index contributed by atoms with van der Waals surface area (Å²) in [7, 11) is 0. The van der Waals surface area contributed by atoms with Crippen LogP contribution in [0.5, 0.6) is 0 Å². The molecule has 0 saturated carbocycles. The molecular formula is C11H10N6. The van der Waals surface area contributed by atoms with Gasteiger partial charge in [-0.2, -0.15) is 5.10 Å². The highest BCUT2D eigenvalue weighted by molar-refractivity contribution is 5.77. The summed E-state index contributed by atoms with van der Waals surface area (Å²) < 4.78 is 0. The fourth-order valence-electron chi connectivity index (χ4n) is 1.50. The van der Waals surface area contributed by atoms with Gasteiger partial charge in [-0.25, -0.2) is 9.97 Å². The second kappa shape index (κ2) is 3.82. The Bertz CT molecular complexity index is 642. The van der Waals surface area contributed by atoms with Crippen molar-refractivity contribution in [1.29, 1.82) is 0 Å². The number of H-pyrrole nitrogens is 1. The third-order valence-corrected chi connectivity index (χ3v) is 2.36. The molecule has 6 nitrogen and oxygen atoms in total. The van der Waals surface area contributed by atoms with Crippen molar-refractivity contribution in [2.75, 3.05) is 5.32 Å². The van der Waals surface area contributed by atoms with E-state index in [4.69, 9.17) is 0 Å². The highest BCUT2D eigenvalue weighted by atomic mass is 15.2. The minimum absolute atomic E-state index is 0.665. The van der Waals surface area contributed by atoms with Crippen LogP contribution in [0, 0.1) is 6.92 Å². The van der Waals surface area contributed by atoms with E-state index in [0.717, 1.165) is 16.7 Å². The molecule has 0 aromatic carbocycles. The number of hydrogen-bond acceptors (Lipinski definition) is 5. The van der Waals surface area contributed by atoms with E-state index in [2.05, 4.69) is 30.5 Å². The van der Waals surface area contributed by atoms with Crippen molar-refractivity contribution in [3.05, 3.63) is 36.4 Å². The van der Waals surface area contributed by atoms with E-state index in [9.17, 15) is 0 Å². The first-order valence-corrected chi connectivity index (χ1v) is 5.18. The summed E-state index contributed by atoms with van der Waals surface area (Å²) in [4.78, 5) is 11.4. The number of nitrogens with one attached hydrogen (secondary N) is 2. The van der Waals surface area contributed by atoms with Gasteiger partial charge in [0.2, 0.25) is 0 Å². The lowest BCUT2D eigenvalue weighted by molar-refractivity contribution is 0.984. The normalized spacial score (nSPS) is 10.6. The van der Waals surface area contributed by atoms with Crippen molar-refractivity contribution in [1.82, 2.24) is 25.1 Å². The Labute approximate surface area is 97.1 Å². The fraction of sp³-hybridized carbons (Fsp3) is 0.0909. The summed E-state index contributed by atoms with van der Waals surface area (Å²) in [6, 6.07) is 5.61. The van der Waals surface area contributed by atoms with Gasteiger partial charge in [0.05, 0.1) is 29.3 Å². The lowest BCUT2D eigenvalue weighted by atomic mass is 10.4. The van der Waals surface area contributed by atoms with Crippen molar-refractivity contribution in [2.24, 2.45) is 0 Å². The third kappa shape index (κ3) is 1.92. The summed E-state index contributed by atoms with van der Waals surface area (Å²) in [5.41, 5.74) is 2.65. The molecule has 0 spiro atoms. The van der Waals surface area contributed by atoms with Crippen LogP contribution >= 0.6 is 0 Å². The Hall–Kier alpha value is -2.50. The lowest BCUT2D eigenvalue weighted by Gasteiger charge is -2.03. The van der Waals surface area contributed by atoms with Gasteiger partial charge < -0.3 is 10.3 Å². The molecule has 17 heavy (non-hydrogen) atoms. The Morgan fingerprint density at radius 2 is 2.06 bits per heavy atom. The quantitative estimate of drug-likeness (QED) is 0.696. The van der Waals surface area contributed by atoms with Crippen LogP contribution in [-0.2, 0) is 0 Å². The summed E-state index contributed by atoms with van der Waals surface area (Å²) in [6.45, 7) is 1.89. The molecule has 0 saturated heterocycles. The highest BCUT2D eigenvalue weighted by Gasteiger charge is 2.01. The number of imidazole rings is 1. The minimum atomic E-state index is 0.665. The van der Waals surface area contributed by atoms with E-state index in [1.807, 2.05) is 25.1 Å². The maximum atomic E-state index is 4.25. The number of fused-ring (bicyclic) bond motifs is 1. The summed E-state index contributed by atoms with van der Waals surface area (Å²) in [6.07, 6.45) is 3.37. The SMILES string of the molecule is Cc1ccc(Nc2cc3nc[nH]c3cn2)nn1. The Kier molecular flexibility index (Phi) is 2.18. The third-order valence-electron chi connectivity index (χ3n) is 2.36. The molecule has 0 aliphatic rings. The molecular weight excluding hydrogens is 216 g/mol. The minimum Gasteiger partial charge on any atom is -0.343 e. The molecule has 84 valence electrons. The molecule has 0 aliphatic heterocycles. The average Bonchev–Trinajstić information content (AvgIpc) is 2.79. The Morgan fingerprint density at radius 1 is 1.12 bits per heavy atom. The van der Waals surface area contributed by atoms with Gasteiger partial charge in [0.15, 0.2) is 5.82 Å². The monoisotopic (exact) mass is 226 g/mol. The topological polar surface area (TPSA) is 79.4 Å². The van der Waals surface area contributed by atoms with Crippen LogP contribution in [0.25, 0.3) is 11.0 Å². The highest BCUT2D eigenvalue weighted by Crippen LogP contribution is 2.15. The number of nitrogens with zero attached hydrogens (tertiary/aromatic N) is 4. The van der Waals surface area contributed by atoms with E-state index in [-0.39, 0.29) is 0 Å². The molecule has 0 amide bonds. The predicted octanol–water partition coefficient (Wildman–Crippen LogP) is 1.80. The number of hydrogen-bond donors (Lipinski definition) is 2. The molecule has 3 aromatic rings. The van der Waals surface area contributed by atoms with Crippen LogP contribution < -0.4 is 5.32 Å². The molecule has 0 unspecified atom stereocenters. The molecule has 3 heterocycles. The molecule has 0 atom stereocenters. The first kappa shape index (κ1) is 9.71. The van der Waals surface area contributed by atoms with Crippen LogP contribution in [0.3, 0.4) is 0 Å².